The molecule has 8 nitrogen and oxygen atoms in total. The van der Waals surface area contributed by atoms with E-state index >= 15 is 0 Å². The molecule has 202 valence electrons. The van der Waals surface area contributed by atoms with Gasteiger partial charge in [0.2, 0.25) is 15.8 Å². The maximum Gasteiger partial charge on any atom is 0.451 e. The van der Waals surface area contributed by atoms with E-state index in [1.807, 2.05) is 0 Å². The van der Waals surface area contributed by atoms with Crippen LogP contribution in [0.4, 0.5) is 23.4 Å². The second kappa shape index (κ2) is 10.7. The van der Waals surface area contributed by atoms with E-state index in [1.54, 1.807) is 11.8 Å². The van der Waals surface area contributed by atoms with Crippen LogP contribution < -0.4 is 10.0 Å². The molecule has 13 heteroatoms. The fourth-order valence-electron chi connectivity index (χ4n) is 4.30. The number of ether oxygens (including phenoxy) is 1. The molecule has 0 atom stereocenters. The van der Waals surface area contributed by atoms with Crippen LogP contribution in [-0.4, -0.2) is 44.1 Å². The number of esters is 1. The van der Waals surface area contributed by atoms with Crippen molar-refractivity contribution in [3.05, 3.63) is 60.2 Å². The van der Waals surface area contributed by atoms with Gasteiger partial charge in [-0.2, -0.15) is 13.2 Å². The van der Waals surface area contributed by atoms with Crippen molar-refractivity contribution in [3.63, 3.8) is 0 Å². The number of benzene rings is 2. The molecule has 2 heterocycles. The van der Waals surface area contributed by atoms with E-state index < -0.39 is 33.8 Å². The molecule has 1 aliphatic rings. The third-order valence-electron chi connectivity index (χ3n) is 6.13. The molecule has 38 heavy (non-hydrogen) atoms. The van der Waals surface area contributed by atoms with E-state index in [9.17, 15) is 30.8 Å². The minimum Gasteiger partial charge on any atom is -0.466 e. The molecule has 1 fully saturated rings. The minimum absolute atomic E-state index is 0.0967. The first kappa shape index (κ1) is 27.5. The second-order valence-electron chi connectivity index (χ2n) is 8.69. The van der Waals surface area contributed by atoms with Crippen LogP contribution in [0.15, 0.2) is 53.4 Å². The Bertz CT molecular complexity index is 1440. The van der Waals surface area contributed by atoms with Gasteiger partial charge in [0.15, 0.2) is 0 Å². The summed E-state index contributed by atoms with van der Waals surface area (Å²) < 4.78 is 84.6. The Kier molecular flexibility index (Phi) is 7.70. The van der Waals surface area contributed by atoms with E-state index in [1.165, 1.54) is 36.4 Å². The molecule has 0 unspecified atom stereocenters. The van der Waals surface area contributed by atoms with E-state index in [4.69, 9.17) is 9.88 Å². The minimum atomic E-state index is -4.91. The van der Waals surface area contributed by atoms with Gasteiger partial charge in [-0.25, -0.2) is 27.9 Å². The summed E-state index contributed by atoms with van der Waals surface area (Å²) in [6.07, 6.45) is -4.28. The highest BCUT2D eigenvalue weighted by molar-refractivity contribution is 7.89. The number of piperidine rings is 1. The summed E-state index contributed by atoms with van der Waals surface area (Å²) in [5.74, 6) is -2.90. The predicted octanol–water partition coefficient (Wildman–Crippen LogP) is 4.40. The van der Waals surface area contributed by atoms with Gasteiger partial charge in [0, 0.05) is 18.7 Å². The fourth-order valence-corrected chi connectivity index (χ4v) is 4.86. The molecule has 0 amide bonds. The van der Waals surface area contributed by atoms with Gasteiger partial charge < -0.3 is 9.64 Å². The normalized spacial score (nSPS) is 14.9. The number of primary sulfonamides is 1. The number of sulfonamides is 1. The van der Waals surface area contributed by atoms with Crippen LogP contribution in [0.3, 0.4) is 0 Å². The topological polar surface area (TPSA) is 115 Å². The lowest BCUT2D eigenvalue weighted by atomic mass is 9.95. The lowest BCUT2D eigenvalue weighted by Gasteiger charge is -2.33. The van der Waals surface area contributed by atoms with Crippen LogP contribution >= 0.6 is 0 Å². The number of hydrogen-bond acceptors (Lipinski definition) is 7. The average Bonchev–Trinajstić information content (AvgIpc) is 2.88. The number of nitrogens with two attached hydrogens (primary N) is 1. The van der Waals surface area contributed by atoms with Crippen molar-refractivity contribution >= 4 is 21.8 Å². The summed E-state index contributed by atoms with van der Waals surface area (Å²) in [4.78, 5) is 21.2. The fraction of sp³-hybridized carbons (Fsp3) is 0.320. The van der Waals surface area contributed by atoms with Gasteiger partial charge in [0.25, 0.3) is 0 Å². The zero-order valence-corrected chi connectivity index (χ0v) is 21.0. The number of hydrogen-bond donors (Lipinski definition) is 1. The Morgan fingerprint density at radius 1 is 1.08 bits per heavy atom. The number of halogens is 4. The summed E-state index contributed by atoms with van der Waals surface area (Å²) in [6.45, 7) is 2.27. The molecule has 0 saturated carbocycles. The largest absolute Gasteiger partial charge is 0.466 e. The number of aromatic nitrogens is 2. The lowest BCUT2D eigenvalue weighted by molar-refractivity contribution is -0.148. The van der Waals surface area contributed by atoms with Crippen molar-refractivity contribution in [2.75, 3.05) is 24.6 Å². The molecule has 4 rings (SSSR count). The SMILES string of the molecule is CCOC(=O)C1CCN(c2nc(C(F)(F)F)nc(-c3ccc(F)cc3)c2-c2cccc(S(N)(=O)=O)c2)CC1. The van der Waals surface area contributed by atoms with Gasteiger partial charge in [0.05, 0.1) is 28.7 Å². The zero-order valence-electron chi connectivity index (χ0n) is 20.2. The van der Waals surface area contributed by atoms with Crippen molar-refractivity contribution in [1.29, 1.82) is 0 Å². The molecular formula is C25H24F4N4O4S. The van der Waals surface area contributed by atoms with Gasteiger partial charge in [-0.05, 0) is 61.7 Å². The molecule has 1 aliphatic heterocycles. The van der Waals surface area contributed by atoms with Crippen molar-refractivity contribution in [1.82, 2.24) is 9.97 Å². The Labute approximate surface area is 216 Å². The van der Waals surface area contributed by atoms with Crippen LogP contribution in [0, 0.1) is 11.7 Å². The zero-order chi connectivity index (χ0) is 27.7. The van der Waals surface area contributed by atoms with Crippen molar-refractivity contribution in [3.8, 4) is 22.4 Å². The van der Waals surface area contributed by atoms with Gasteiger partial charge >= 0.3 is 12.1 Å². The first-order chi connectivity index (χ1) is 17.9. The highest BCUT2D eigenvalue weighted by Gasteiger charge is 2.38. The average molecular weight is 553 g/mol. The first-order valence-electron chi connectivity index (χ1n) is 11.7. The van der Waals surface area contributed by atoms with E-state index in [-0.39, 0.29) is 58.8 Å². The Hall–Kier alpha value is -3.58. The van der Waals surface area contributed by atoms with Crippen molar-refractivity contribution < 1.29 is 35.5 Å². The third-order valence-corrected chi connectivity index (χ3v) is 7.04. The summed E-state index contributed by atoms with van der Waals surface area (Å²) >= 11 is 0. The number of anilines is 1. The molecule has 0 aliphatic carbocycles. The molecule has 1 saturated heterocycles. The summed E-state index contributed by atoms with van der Waals surface area (Å²) in [7, 11) is -4.14. The molecular weight excluding hydrogens is 528 g/mol. The quantitative estimate of drug-likeness (QED) is 0.356. The van der Waals surface area contributed by atoms with Gasteiger partial charge in [-0.1, -0.05) is 12.1 Å². The predicted molar refractivity (Wildman–Crippen MR) is 131 cm³/mol. The number of rotatable bonds is 6. The van der Waals surface area contributed by atoms with E-state index in [0.29, 0.717) is 12.8 Å². The highest BCUT2D eigenvalue weighted by atomic mass is 32.2. The molecule has 0 radical (unpaired) electrons. The number of carbonyl (C=O) groups is 1. The van der Waals surface area contributed by atoms with Crippen LogP contribution in [0.5, 0.6) is 0 Å². The number of carbonyl (C=O) groups excluding carboxylic acids is 1. The molecule has 2 aromatic carbocycles. The Morgan fingerprint density at radius 2 is 1.74 bits per heavy atom. The monoisotopic (exact) mass is 552 g/mol. The second-order valence-corrected chi connectivity index (χ2v) is 10.2. The van der Waals surface area contributed by atoms with Gasteiger partial charge in [-0.3, -0.25) is 4.79 Å². The van der Waals surface area contributed by atoms with Crippen LogP contribution in [-0.2, 0) is 25.7 Å². The van der Waals surface area contributed by atoms with E-state index in [0.717, 1.165) is 12.1 Å². The summed E-state index contributed by atoms with van der Waals surface area (Å²) in [6, 6.07) is 10.1. The molecule has 0 spiro atoms. The highest BCUT2D eigenvalue weighted by Crippen LogP contribution is 2.42. The van der Waals surface area contributed by atoms with Crippen LogP contribution in [0.2, 0.25) is 0 Å². The first-order valence-corrected chi connectivity index (χ1v) is 13.2. The standard InChI is InChI=1S/C25H24F4N4O4S/c1-2-37-23(34)16-10-12-33(13-11-16)22-20(17-4-3-5-19(14-17)38(30,35)36)21(15-6-8-18(26)9-7-15)31-24(32-22)25(27,28)29/h3-9,14,16H,2,10-13H2,1H3,(H2,30,35,36). The Morgan fingerprint density at radius 3 is 2.32 bits per heavy atom. The lowest BCUT2D eigenvalue weighted by Crippen LogP contribution is -2.38. The number of nitrogens with zero attached hydrogens (tertiary/aromatic N) is 3. The van der Waals surface area contributed by atoms with Crippen LogP contribution in [0.1, 0.15) is 25.6 Å². The van der Waals surface area contributed by atoms with Crippen molar-refractivity contribution in [2.24, 2.45) is 11.1 Å². The Balaban J connectivity index is 1.93. The van der Waals surface area contributed by atoms with Gasteiger partial charge in [0.1, 0.15) is 11.6 Å². The third kappa shape index (κ3) is 5.94. The molecule has 1 aromatic heterocycles. The molecule has 0 bridgehead atoms. The van der Waals surface area contributed by atoms with Crippen LogP contribution in [0.25, 0.3) is 22.4 Å². The maximum absolute atomic E-state index is 13.9. The maximum atomic E-state index is 13.9. The van der Waals surface area contributed by atoms with E-state index in [2.05, 4.69) is 9.97 Å². The van der Waals surface area contributed by atoms with Crippen molar-refractivity contribution in [2.45, 2.75) is 30.8 Å². The van der Waals surface area contributed by atoms with Gasteiger partial charge in [-0.15, -0.1) is 0 Å². The number of alkyl halides is 3. The molecule has 3 aromatic rings. The molecule has 2 N–H and O–H groups in total. The smallest absolute Gasteiger partial charge is 0.451 e. The summed E-state index contributed by atoms with van der Waals surface area (Å²) in [5, 5.41) is 5.30. The summed E-state index contributed by atoms with van der Waals surface area (Å²) in [5.41, 5.74) is 0.316.